The van der Waals surface area contributed by atoms with Gasteiger partial charge in [-0.15, -0.1) is 0 Å². The van der Waals surface area contributed by atoms with Gasteiger partial charge in [0.25, 0.3) is 5.91 Å². The first-order chi connectivity index (χ1) is 9.88. The summed E-state index contributed by atoms with van der Waals surface area (Å²) in [6.45, 7) is 10.3. The van der Waals surface area contributed by atoms with Crippen LogP contribution < -0.4 is 5.43 Å². The molecule has 4 heteroatoms. The van der Waals surface area contributed by atoms with E-state index in [-0.39, 0.29) is 5.91 Å². The van der Waals surface area contributed by atoms with E-state index in [2.05, 4.69) is 31.3 Å². The molecule has 116 valence electrons. The van der Waals surface area contributed by atoms with Crippen molar-refractivity contribution in [1.82, 2.24) is 5.43 Å². The zero-order chi connectivity index (χ0) is 15.6. The van der Waals surface area contributed by atoms with Crippen LogP contribution in [0.15, 0.2) is 15.6 Å². The van der Waals surface area contributed by atoms with E-state index in [4.69, 9.17) is 4.42 Å². The highest BCUT2D eigenvalue weighted by Crippen LogP contribution is 2.31. The normalized spacial score (nSPS) is 24.6. The lowest BCUT2D eigenvalue weighted by atomic mass is 9.76. The Morgan fingerprint density at radius 2 is 2.10 bits per heavy atom. The third kappa shape index (κ3) is 3.74. The second kappa shape index (κ2) is 6.46. The van der Waals surface area contributed by atoms with Gasteiger partial charge in [-0.05, 0) is 51.0 Å². The first-order valence-electron chi connectivity index (χ1n) is 7.82. The van der Waals surface area contributed by atoms with E-state index in [0.29, 0.717) is 29.1 Å². The van der Waals surface area contributed by atoms with Crippen molar-refractivity contribution in [2.24, 2.45) is 22.9 Å². The van der Waals surface area contributed by atoms with Crippen LogP contribution in [0.2, 0.25) is 0 Å². The van der Waals surface area contributed by atoms with Crippen LogP contribution in [-0.2, 0) is 0 Å². The second-order valence-corrected chi connectivity index (χ2v) is 6.61. The Morgan fingerprint density at radius 1 is 1.38 bits per heavy atom. The first kappa shape index (κ1) is 15.8. The minimum absolute atomic E-state index is 0.183. The molecule has 1 aliphatic carbocycles. The lowest BCUT2D eigenvalue weighted by Gasteiger charge is -2.30. The van der Waals surface area contributed by atoms with Gasteiger partial charge in [-0.25, -0.2) is 5.43 Å². The Bertz CT molecular complexity index is 543. The average molecular weight is 290 g/mol. The maximum absolute atomic E-state index is 12.2. The van der Waals surface area contributed by atoms with Gasteiger partial charge in [-0.3, -0.25) is 4.79 Å². The standard InChI is InChI=1S/C17H26N2O2/c1-10(2)14-7-6-11(3)8-16(14)18-19-17(20)15-9-12(4)21-13(15)5/h9-11,14H,6-8H2,1-5H3,(H,19,20)/t11-,14+/m1/s1. The quantitative estimate of drug-likeness (QED) is 0.853. The fourth-order valence-corrected chi connectivity index (χ4v) is 3.13. The number of hydrogen-bond acceptors (Lipinski definition) is 3. The Kier molecular flexibility index (Phi) is 4.86. The molecule has 0 aliphatic heterocycles. The lowest BCUT2D eigenvalue weighted by molar-refractivity contribution is 0.0952. The van der Waals surface area contributed by atoms with E-state index < -0.39 is 0 Å². The van der Waals surface area contributed by atoms with Crippen molar-refractivity contribution >= 4 is 11.6 Å². The Labute approximate surface area is 127 Å². The van der Waals surface area contributed by atoms with Gasteiger partial charge in [0, 0.05) is 11.6 Å². The Balaban J connectivity index is 2.10. The number of nitrogens with one attached hydrogen (secondary N) is 1. The Morgan fingerprint density at radius 3 is 2.67 bits per heavy atom. The summed E-state index contributed by atoms with van der Waals surface area (Å²) in [6.07, 6.45) is 3.39. The van der Waals surface area contributed by atoms with Gasteiger partial charge in [-0.2, -0.15) is 5.10 Å². The molecule has 1 aromatic rings. The van der Waals surface area contributed by atoms with Gasteiger partial charge in [-0.1, -0.05) is 20.8 Å². The van der Waals surface area contributed by atoms with Crippen LogP contribution in [0, 0.1) is 31.6 Å². The molecule has 1 aromatic heterocycles. The summed E-state index contributed by atoms with van der Waals surface area (Å²) in [5.41, 5.74) is 4.42. The summed E-state index contributed by atoms with van der Waals surface area (Å²) in [4.78, 5) is 12.2. The average Bonchev–Trinajstić information content (AvgIpc) is 2.74. The molecular weight excluding hydrogens is 264 g/mol. The SMILES string of the molecule is Cc1cc(C(=O)NN=C2C[C@H](C)CC[C@H]2C(C)C)c(C)o1. The number of carbonyl (C=O) groups excluding carboxylic acids is 1. The van der Waals surface area contributed by atoms with Gasteiger partial charge in [0.1, 0.15) is 11.5 Å². The minimum atomic E-state index is -0.183. The fraction of sp³-hybridized carbons (Fsp3) is 0.647. The zero-order valence-corrected chi connectivity index (χ0v) is 13.7. The summed E-state index contributed by atoms with van der Waals surface area (Å²) in [5, 5.41) is 4.44. The number of nitrogens with zero attached hydrogens (tertiary/aromatic N) is 1. The summed E-state index contributed by atoms with van der Waals surface area (Å²) < 4.78 is 5.39. The molecule has 1 fully saturated rings. The minimum Gasteiger partial charge on any atom is -0.466 e. The van der Waals surface area contributed by atoms with Crippen LogP contribution in [0.4, 0.5) is 0 Å². The molecule has 4 nitrogen and oxygen atoms in total. The predicted molar refractivity (Wildman–Crippen MR) is 84.4 cm³/mol. The van der Waals surface area contributed by atoms with Crippen molar-refractivity contribution < 1.29 is 9.21 Å². The highest BCUT2D eigenvalue weighted by molar-refractivity contribution is 5.96. The molecule has 1 saturated carbocycles. The van der Waals surface area contributed by atoms with Crippen LogP contribution in [0.5, 0.6) is 0 Å². The fourth-order valence-electron chi connectivity index (χ4n) is 3.13. The van der Waals surface area contributed by atoms with E-state index in [9.17, 15) is 4.79 Å². The molecule has 0 saturated heterocycles. The summed E-state index contributed by atoms with van der Waals surface area (Å²) in [6, 6.07) is 1.76. The van der Waals surface area contributed by atoms with Crippen LogP contribution in [-0.4, -0.2) is 11.6 Å². The third-order valence-electron chi connectivity index (χ3n) is 4.35. The number of hydrazone groups is 1. The molecular formula is C17H26N2O2. The van der Waals surface area contributed by atoms with Gasteiger partial charge < -0.3 is 4.42 Å². The van der Waals surface area contributed by atoms with Crippen LogP contribution in [0.1, 0.15) is 61.9 Å². The van der Waals surface area contributed by atoms with Gasteiger partial charge in [0.2, 0.25) is 0 Å². The van der Waals surface area contributed by atoms with Crippen molar-refractivity contribution in [2.45, 2.75) is 53.9 Å². The van der Waals surface area contributed by atoms with Crippen molar-refractivity contribution in [2.75, 3.05) is 0 Å². The van der Waals surface area contributed by atoms with Gasteiger partial charge in [0.15, 0.2) is 0 Å². The maximum atomic E-state index is 12.2. The van der Waals surface area contributed by atoms with Crippen molar-refractivity contribution in [3.63, 3.8) is 0 Å². The zero-order valence-electron chi connectivity index (χ0n) is 13.7. The van der Waals surface area contributed by atoms with Crippen LogP contribution >= 0.6 is 0 Å². The number of aryl methyl sites for hydroxylation is 2. The summed E-state index contributed by atoms with van der Waals surface area (Å²) in [7, 11) is 0. The van der Waals surface area contributed by atoms with E-state index in [1.54, 1.807) is 13.0 Å². The van der Waals surface area contributed by atoms with Gasteiger partial charge >= 0.3 is 0 Å². The molecule has 21 heavy (non-hydrogen) atoms. The third-order valence-corrected chi connectivity index (χ3v) is 4.35. The van der Waals surface area contributed by atoms with E-state index in [0.717, 1.165) is 24.3 Å². The highest BCUT2D eigenvalue weighted by atomic mass is 16.3. The van der Waals surface area contributed by atoms with E-state index >= 15 is 0 Å². The Hall–Kier alpha value is -1.58. The number of hydrogen-bond donors (Lipinski definition) is 1. The molecule has 1 heterocycles. The number of amides is 1. The van der Waals surface area contributed by atoms with Crippen LogP contribution in [0.25, 0.3) is 0 Å². The number of carbonyl (C=O) groups is 1. The molecule has 1 amide bonds. The van der Waals surface area contributed by atoms with Crippen molar-refractivity contribution in [3.8, 4) is 0 Å². The topological polar surface area (TPSA) is 54.6 Å². The molecule has 0 spiro atoms. The second-order valence-electron chi connectivity index (χ2n) is 6.61. The first-order valence-corrected chi connectivity index (χ1v) is 7.82. The molecule has 0 unspecified atom stereocenters. The highest BCUT2D eigenvalue weighted by Gasteiger charge is 2.27. The lowest BCUT2D eigenvalue weighted by Crippen LogP contribution is -2.31. The smallest absolute Gasteiger partial charge is 0.274 e. The monoisotopic (exact) mass is 290 g/mol. The molecule has 1 aliphatic rings. The maximum Gasteiger partial charge on any atom is 0.274 e. The number of furan rings is 1. The molecule has 2 atom stereocenters. The molecule has 0 bridgehead atoms. The molecule has 1 N–H and O–H groups in total. The molecule has 0 aromatic carbocycles. The van der Waals surface area contributed by atoms with Crippen LogP contribution in [0.3, 0.4) is 0 Å². The van der Waals surface area contributed by atoms with E-state index in [1.165, 1.54) is 6.42 Å². The largest absolute Gasteiger partial charge is 0.466 e. The van der Waals surface area contributed by atoms with Gasteiger partial charge in [0.05, 0.1) is 5.56 Å². The molecule has 0 radical (unpaired) electrons. The van der Waals surface area contributed by atoms with Crippen molar-refractivity contribution in [1.29, 1.82) is 0 Å². The van der Waals surface area contributed by atoms with Crippen molar-refractivity contribution in [3.05, 3.63) is 23.2 Å². The van der Waals surface area contributed by atoms with E-state index in [1.807, 2.05) is 6.92 Å². The predicted octanol–water partition coefficient (Wildman–Crippen LogP) is 4.07. The summed E-state index contributed by atoms with van der Waals surface area (Å²) in [5.74, 6) is 2.89. The molecule has 2 rings (SSSR count). The number of rotatable bonds is 3. The summed E-state index contributed by atoms with van der Waals surface area (Å²) >= 11 is 0.